The summed E-state index contributed by atoms with van der Waals surface area (Å²) < 4.78 is 0. The summed E-state index contributed by atoms with van der Waals surface area (Å²) in [6.07, 6.45) is 3.31. The van der Waals surface area contributed by atoms with Crippen LogP contribution in [0.3, 0.4) is 0 Å². The van der Waals surface area contributed by atoms with E-state index in [1.54, 1.807) is 4.90 Å². The van der Waals surface area contributed by atoms with Crippen LogP contribution >= 0.6 is 0 Å². The molecule has 3 heteroatoms. The summed E-state index contributed by atoms with van der Waals surface area (Å²) in [7, 11) is 0. The Morgan fingerprint density at radius 2 is 2.70 bits per heavy atom. The zero-order chi connectivity index (χ0) is 7.56. The number of hydrogen-bond acceptors (Lipinski definition) is 2. The number of aliphatic hydroxyl groups is 1. The summed E-state index contributed by atoms with van der Waals surface area (Å²) in [4.78, 5) is 1.80. The summed E-state index contributed by atoms with van der Waals surface area (Å²) in [6, 6.07) is 0.0532. The summed E-state index contributed by atoms with van der Waals surface area (Å²) in [6.45, 7) is 2.85. The van der Waals surface area contributed by atoms with Gasteiger partial charge in [0.15, 0.2) is 0 Å². The number of aliphatic hydroxyl groups excluding tert-OH is 1. The second-order valence-corrected chi connectivity index (χ2v) is 2.47. The van der Waals surface area contributed by atoms with E-state index in [1.165, 1.54) is 6.34 Å². The fourth-order valence-electron chi connectivity index (χ4n) is 1.17. The normalized spacial score (nSPS) is 24.8. The first-order chi connectivity index (χ1) is 4.79. The molecule has 1 aliphatic heterocycles. The van der Waals surface area contributed by atoms with Crippen molar-refractivity contribution in [3.8, 4) is 0 Å². The van der Waals surface area contributed by atoms with Crippen molar-refractivity contribution in [3.63, 3.8) is 0 Å². The van der Waals surface area contributed by atoms with Crippen molar-refractivity contribution in [2.75, 3.05) is 13.2 Å². The third kappa shape index (κ3) is 1.04. The fourth-order valence-corrected chi connectivity index (χ4v) is 1.17. The molecule has 0 saturated carbocycles. The zero-order valence-electron chi connectivity index (χ0n) is 6.04. The van der Waals surface area contributed by atoms with Crippen LogP contribution < -0.4 is 0 Å². The molecule has 10 heavy (non-hydrogen) atoms. The predicted octanol–water partition coefficient (Wildman–Crippen LogP) is 0.216. The summed E-state index contributed by atoms with van der Waals surface area (Å²) in [5.74, 6) is 0. The van der Waals surface area contributed by atoms with E-state index in [9.17, 15) is 0 Å². The molecule has 1 rings (SSSR count). The van der Waals surface area contributed by atoms with Crippen molar-refractivity contribution < 1.29 is 5.11 Å². The Morgan fingerprint density at radius 1 is 2.00 bits per heavy atom. The molecule has 0 radical (unpaired) electrons. The lowest BCUT2D eigenvalue weighted by molar-refractivity contribution is 0.222. The molecule has 1 heterocycles. The first kappa shape index (κ1) is 7.28. The second kappa shape index (κ2) is 2.84. The standard InChI is InChI=1S/C7H12N2O/c1-6-2-3-9(5-8)7(6)4-10/h2,5,7-8,10H,3-4H2,1H3. The minimum Gasteiger partial charge on any atom is -0.394 e. The molecule has 0 aromatic heterocycles. The molecule has 0 aliphatic carbocycles. The monoisotopic (exact) mass is 140 g/mol. The SMILES string of the molecule is CC1=CCN(C=N)C1CO. The van der Waals surface area contributed by atoms with Crippen LogP contribution in [0.1, 0.15) is 6.92 Å². The van der Waals surface area contributed by atoms with Gasteiger partial charge in [-0.1, -0.05) is 11.6 Å². The van der Waals surface area contributed by atoms with Crippen molar-refractivity contribution >= 4 is 6.34 Å². The summed E-state index contributed by atoms with van der Waals surface area (Å²) in [5, 5.41) is 15.8. The molecule has 1 aliphatic rings. The number of rotatable bonds is 2. The molecule has 2 N–H and O–H groups in total. The highest BCUT2D eigenvalue weighted by atomic mass is 16.3. The van der Waals surface area contributed by atoms with Gasteiger partial charge >= 0.3 is 0 Å². The lowest BCUT2D eigenvalue weighted by Crippen LogP contribution is -2.32. The Bertz CT molecular complexity index is 165. The van der Waals surface area contributed by atoms with Gasteiger partial charge < -0.3 is 10.0 Å². The minimum atomic E-state index is 0.0532. The Balaban J connectivity index is 2.62. The highest BCUT2D eigenvalue weighted by molar-refractivity contribution is 5.54. The summed E-state index contributed by atoms with van der Waals surface area (Å²) >= 11 is 0. The third-order valence-electron chi connectivity index (χ3n) is 1.89. The fraction of sp³-hybridized carbons (Fsp3) is 0.571. The quantitative estimate of drug-likeness (QED) is 0.327. The molecule has 0 aromatic rings. The van der Waals surface area contributed by atoms with Gasteiger partial charge in [0.05, 0.1) is 19.0 Å². The molecular weight excluding hydrogens is 128 g/mol. The van der Waals surface area contributed by atoms with E-state index >= 15 is 0 Å². The Labute approximate surface area is 60.5 Å². The van der Waals surface area contributed by atoms with Crippen LogP contribution in [-0.2, 0) is 0 Å². The van der Waals surface area contributed by atoms with Crippen LogP contribution in [-0.4, -0.2) is 35.5 Å². The molecule has 0 fully saturated rings. The minimum absolute atomic E-state index is 0.0532. The van der Waals surface area contributed by atoms with E-state index in [1.807, 2.05) is 13.0 Å². The van der Waals surface area contributed by atoms with Gasteiger partial charge in [-0.2, -0.15) is 0 Å². The molecule has 3 nitrogen and oxygen atoms in total. The van der Waals surface area contributed by atoms with Crippen molar-refractivity contribution in [1.29, 1.82) is 5.41 Å². The molecule has 1 unspecified atom stereocenters. The maximum absolute atomic E-state index is 8.85. The Kier molecular flexibility index (Phi) is 2.06. The topological polar surface area (TPSA) is 47.3 Å². The van der Waals surface area contributed by atoms with Crippen LogP contribution in [0.15, 0.2) is 11.6 Å². The predicted molar refractivity (Wildman–Crippen MR) is 40.1 cm³/mol. The van der Waals surface area contributed by atoms with E-state index in [0.717, 1.165) is 12.1 Å². The molecule has 0 spiro atoms. The van der Waals surface area contributed by atoms with E-state index in [-0.39, 0.29) is 12.6 Å². The van der Waals surface area contributed by atoms with Crippen molar-refractivity contribution in [3.05, 3.63) is 11.6 Å². The van der Waals surface area contributed by atoms with Crippen LogP contribution in [0.25, 0.3) is 0 Å². The van der Waals surface area contributed by atoms with Gasteiger partial charge in [-0.05, 0) is 6.92 Å². The van der Waals surface area contributed by atoms with E-state index < -0.39 is 0 Å². The Morgan fingerprint density at radius 3 is 3.10 bits per heavy atom. The number of nitrogens with one attached hydrogen (secondary N) is 1. The van der Waals surface area contributed by atoms with Crippen molar-refractivity contribution in [2.24, 2.45) is 0 Å². The van der Waals surface area contributed by atoms with E-state index in [0.29, 0.717) is 0 Å². The highest BCUT2D eigenvalue weighted by Crippen LogP contribution is 2.14. The lowest BCUT2D eigenvalue weighted by atomic mass is 10.2. The third-order valence-corrected chi connectivity index (χ3v) is 1.89. The van der Waals surface area contributed by atoms with Crippen LogP contribution in [0.2, 0.25) is 0 Å². The lowest BCUT2D eigenvalue weighted by Gasteiger charge is -2.20. The smallest absolute Gasteiger partial charge is 0.0826 e. The van der Waals surface area contributed by atoms with Gasteiger partial charge in [0.2, 0.25) is 0 Å². The van der Waals surface area contributed by atoms with Gasteiger partial charge in [0, 0.05) is 6.54 Å². The largest absolute Gasteiger partial charge is 0.394 e. The average Bonchev–Trinajstić information content (AvgIpc) is 2.30. The van der Waals surface area contributed by atoms with Crippen LogP contribution in [0, 0.1) is 5.41 Å². The van der Waals surface area contributed by atoms with Gasteiger partial charge in [0.1, 0.15) is 0 Å². The van der Waals surface area contributed by atoms with E-state index in [4.69, 9.17) is 10.5 Å². The first-order valence-corrected chi connectivity index (χ1v) is 3.33. The van der Waals surface area contributed by atoms with Gasteiger partial charge in [-0.15, -0.1) is 0 Å². The average molecular weight is 140 g/mol. The number of nitrogens with zero attached hydrogens (tertiary/aromatic N) is 1. The van der Waals surface area contributed by atoms with Gasteiger partial charge in [0.25, 0.3) is 0 Å². The Hall–Kier alpha value is -0.830. The molecule has 0 bridgehead atoms. The van der Waals surface area contributed by atoms with Crippen molar-refractivity contribution in [1.82, 2.24) is 4.90 Å². The number of hydrogen-bond donors (Lipinski definition) is 2. The maximum Gasteiger partial charge on any atom is 0.0826 e. The second-order valence-electron chi connectivity index (χ2n) is 2.47. The van der Waals surface area contributed by atoms with Crippen molar-refractivity contribution in [2.45, 2.75) is 13.0 Å². The maximum atomic E-state index is 8.85. The zero-order valence-corrected chi connectivity index (χ0v) is 6.04. The van der Waals surface area contributed by atoms with Gasteiger partial charge in [-0.3, -0.25) is 5.41 Å². The van der Waals surface area contributed by atoms with Crippen LogP contribution in [0.5, 0.6) is 0 Å². The molecule has 0 saturated heterocycles. The van der Waals surface area contributed by atoms with E-state index in [2.05, 4.69) is 0 Å². The molecule has 0 aromatic carbocycles. The summed E-state index contributed by atoms with van der Waals surface area (Å²) in [5.41, 5.74) is 1.16. The first-order valence-electron chi connectivity index (χ1n) is 3.33. The van der Waals surface area contributed by atoms with Crippen LogP contribution in [0.4, 0.5) is 0 Å². The van der Waals surface area contributed by atoms with Gasteiger partial charge in [-0.25, -0.2) is 0 Å². The molecule has 0 amide bonds. The molecule has 1 atom stereocenters. The molecular formula is C7H12N2O. The highest BCUT2D eigenvalue weighted by Gasteiger charge is 2.20. The molecule has 56 valence electrons.